The Balaban J connectivity index is 2.51. The zero-order valence-corrected chi connectivity index (χ0v) is 11.2. The molecule has 0 aromatic carbocycles. The van der Waals surface area contributed by atoms with Gasteiger partial charge in [-0.1, -0.05) is 41.5 Å². The van der Waals surface area contributed by atoms with Gasteiger partial charge in [0.2, 0.25) is 0 Å². The Kier molecular flexibility index (Phi) is 2.37. The summed E-state index contributed by atoms with van der Waals surface area (Å²) in [6.45, 7) is 13.8. The van der Waals surface area contributed by atoms with E-state index in [1.807, 2.05) is 12.4 Å². The first kappa shape index (κ1) is 11.6. The van der Waals surface area contributed by atoms with Crippen LogP contribution in [0.15, 0.2) is 12.4 Å². The summed E-state index contributed by atoms with van der Waals surface area (Å²) < 4.78 is 0. The molecule has 0 N–H and O–H groups in total. The molecule has 0 aliphatic carbocycles. The van der Waals surface area contributed by atoms with Crippen LogP contribution in [0.1, 0.15) is 64.8 Å². The molecule has 2 heteroatoms. The lowest BCUT2D eigenvalue weighted by Gasteiger charge is -2.38. The van der Waals surface area contributed by atoms with Gasteiger partial charge in [0.25, 0.3) is 0 Å². The molecule has 0 fully saturated rings. The first-order chi connectivity index (χ1) is 7.21. The summed E-state index contributed by atoms with van der Waals surface area (Å²) in [5, 5.41) is 0. The molecule has 0 saturated carbocycles. The lowest BCUT2D eigenvalue weighted by molar-refractivity contribution is 0.196. The van der Waals surface area contributed by atoms with E-state index in [4.69, 9.17) is 4.98 Å². The van der Waals surface area contributed by atoms with Gasteiger partial charge in [0.1, 0.15) is 0 Å². The molecule has 1 aromatic rings. The van der Waals surface area contributed by atoms with Crippen LogP contribution in [0.4, 0.5) is 0 Å². The van der Waals surface area contributed by atoms with Gasteiger partial charge in [-0.2, -0.15) is 0 Å². The lowest BCUT2D eigenvalue weighted by Crippen LogP contribution is -2.29. The average Bonchev–Trinajstić information content (AvgIpc) is 2.35. The predicted octanol–water partition coefficient (Wildman–Crippen LogP) is 3.75. The van der Waals surface area contributed by atoms with E-state index in [1.54, 1.807) is 0 Å². The third-order valence-electron chi connectivity index (χ3n) is 3.51. The van der Waals surface area contributed by atoms with Gasteiger partial charge >= 0.3 is 0 Å². The topological polar surface area (TPSA) is 25.8 Å². The van der Waals surface area contributed by atoms with Crippen molar-refractivity contribution in [2.75, 3.05) is 0 Å². The van der Waals surface area contributed by atoms with Gasteiger partial charge in [0.15, 0.2) is 0 Å². The third-order valence-corrected chi connectivity index (χ3v) is 3.51. The molecule has 88 valence electrons. The molecule has 2 nitrogen and oxygen atoms in total. The van der Waals surface area contributed by atoms with E-state index in [9.17, 15) is 0 Å². The normalized spacial score (nSPS) is 24.9. The summed E-state index contributed by atoms with van der Waals surface area (Å²) in [5.74, 6) is 0.981. The van der Waals surface area contributed by atoms with E-state index in [0.717, 1.165) is 0 Å². The van der Waals surface area contributed by atoms with Crippen LogP contribution in [0.25, 0.3) is 0 Å². The molecule has 0 amide bonds. The number of nitrogens with zero attached hydrogens (tertiary/aromatic N) is 2. The van der Waals surface area contributed by atoms with Gasteiger partial charge < -0.3 is 0 Å². The van der Waals surface area contributed by atoms with E-state index in [0.29, 0.717) is 11.8 Å². The maximum absolute atomic E-state index is 4.72. The highest BCUT2D eigenvalue weighted by Crippen LogP contribution is 2.54. The predicted molar refractivity (Wildman–Crippen MR) is 66.4 cm³/mol. The van der Waals surface area contributed by atoms with E-state index in [1.165, 1.54) is 11.4 Å². The fraction of sp³-hybridized carbons (Fsp3) is 0.714. The molecule has 0 saturated heterocycles. The lowest BCUT2D eigenvalue weighted by atomic mass is 9.64. The van der Waals surface area contributed by atoms with E-state index in [-0.39, 0.29) is 10.8 Å². The molecule has 2 atom stereocenters. The SMILES string of the molecule is CC(C)(C)C1c2cncc(n2)C1C(C)(C)C. The standard InChI is InChI=1S/C14H22N2/c1-13(2,3)11-9-7-15-8-10(16-9)12(11)14(4,5)6/h7-8,11-12H,1-6H3. The maximum atomic E-state index is 4.72. The summed E-state index contributed by atoms with van der Waals surface area (Å²) in [7, 11) is 0. The van der Waals surface area contributed by atoms with Gasteiger partial charge in [-0.25, -0.2) is 0 Å². The van der Waals surface area contributed by atoms with Crippen molar-refractivity contribution < 1.29 is 0 Å². The minimum atomic E-state index is 0.239. The summed E-state index contributed by atoms with van der Waals surface area (Å²) in [4.78, 5) is 9.03. The zero-order chi connectivity index (χ0) is 12.1. The Morgan fingerprint density at radius 3 is 1.50 bits per heavy atom. The quantitative estimate of drug-likeness (QED) is 0.662. The molecule has 0 radical (unpaired) electrons. The van der Waals surface area contributed by atoms with Crippen LogP contribution < -0.4 is 0 Å². The van der Waals surface area contributed by atoms with E-state index >= 15 is 0 Å². The molecule has 2 unspecified atom stereocenters. The minimum absolute atomic E-state index is 0.239. The monoisotopic (exact) mass is 218 g/mol. The number of rotatable bonds is 0. The van der Waals surface area contributed by atoms with Crippen LogP contribution in [-0.4, -0.2) is 9.97 Å². The van der Waals surface area contributed by atoms with Gasteiger partial charge in [-0.05, 0) is 10.8 Å². The summed E-state index contributed by atoms with van der Waals surface area (Å²) in [6.07, 6.45) is 3.87. The van der Waals surface area contributed by atoms with Crippen molar-refractivity contribution in [1.82, 2.24) is 9.97 Å². The molecule has 0 spiro atoms. The van der Waals surface area contributed by atoms with Gasteiger partial charge in [0, 0.05) is 24.2 Å². The molecular weight excluding hydrogens is 196 g/mol. The number of aromatic nitrogens is 2. The highest BCUT2D eigenvalue weighted by Gasteiger charge is 2.46. The van der Waals surface area contributed by atoms with Crippen LogP contribution in [0, 0.1) is 10.8 Å². The van der Waals surface area contributed by atoms with Crippen molar-refractivity contribution >= 4 is 0 Å². The van der Waals surface area contributed by atoms with Crippen LogP contribution in [0.3, 0.4) is 0 Å². The molecule has 1 aliphatic rings. The Bertz CT molecular complexity index is 361. The summed E-state index contributed by atoms with van der Waals surface area (Å²) >= 11 is 0. The molecule has 2 rings (SSSR count). The number of fused-ring (bicyclic) bond motifs is 2. The maximum Gasteiger partial charge on any atom is 0.0633 e. The molecule has 16 heavy (non-hydrogen) atoms. The minimum Gasteiger partial charge on any atom is -0.261 e. The fourth-order valence-corrected chi connectivity index (χ4v) is 2.93. The van der Waals surface area contributed by atoms with Crippen LogP contribution >= 0.6 is 0 Å². The van der Waals surface area contributed by atoms with Crippen LogP contribution in [0.5, 0.6) is 0 Å². The van der Waals surface area contributed by atoms with Gasteiger partial charge in [-0.3, -0.25) is 9.97 Å². The summed E-state index contributed by atoms with van der Waals surface area (Å²) in [6, 6.07) is 0. The van der Waals surface area contributed by atoms with Gasteiger partial charge in [-0.15, -0.1) is 0 Å². The first-order valence-corrected chi connectivity index (χ1v) is 6.03. The van der Waals surface area contributed by atoms with Crippen molar-refractivity contribution in [2.45, 2.75) is 53.4 Å². The Labute approximate surface area is 98.5 Å². The van der Waals surface area contributed by atoms with Crippen molar-refractivity contribution in [3.05, 3.63) is 23.8 Å². The molecular formula is C14H22N2. The number of hydrogen-bond donors (Lipinski definition) is 0. The highest BCUT2D eigenvalue weighted by molar-refractivity contribution is 5.28. The van der Waals surface area contributed by atoms with E-state index < -0.39 is 0 Å². The van der Waals surface area contributed by atoms with Crippen molar-refractivity contribution in [1.29, 1.82) is 0 Å². The van der Waals surface area contributed by atoms with Crippen LogP contribution in [-0.2, 0) is 0 Å². The largest absolute Gasteiger partial charge is 0.261 e. The second-order valence-corrected chi connectivity index (χ2v) is 7.06. The first-order valence-electron chi connectivity index (χ1n) is 6.03. The van der Waals surface area contributed by atoms with E-state index in [2.05, 4.69) is 46.5 Å². The Morgan fingerprint density at radius 1 is 0.812 bits per heavy atom. The van der Waals surface area contributed by atoms with Gasteiger partial charge in [0.05, 0.1) is 11.4 Å². The van der Waals surface area contributed by atoms with Crippen molar-refractivity contribution in [2.24, 2.45) is 10.8 Å². The third kappa shape index (κ3) is 1.74. The summed E-state index contributed by atoms with van der Waals surface area (Å²) in [5.41, 5.74) is 2.82. The fourth-order valence-electron chi connectivity index (χ4n) is 2.93. The smallest absolute Gasteiger partial charge is 0.0633 e. The Hall–Kier alpha value is -0.920. The molecule has 1 aliphatic heterocycles. The number of hydrogen-bond acceptors (Lipinski definition) is 2. The average molecular weight is 218 g/mol. The highest BCUT2D eigenvalue weighted by atomic mass is 14.9. The van der Waals surface area contributed by atoms with Crippen LogP contribution in [0.2, 0.25) is 0 Å². The Morgan fingerprint density at radius 2 is 1.19 bits per heavy atom. The zero-order valence-electron chi connectivity index (χ0n) is 11.2. The molecule has 2 heterocycles. The van der Waals surface area contributed by atoms with Crippen molar-refractivity contribution in [3.63, 3.8) is 0 Å². The second kappa shape index (κ2) is 3.28. The molecule has 1 aromatic heterocycles. The second-order valence-electron chi connectivity index (χ2n) is 7.06. The molecule has 2 bridgehead atoms. The van der Waals surface area contributed by atoms with Crippen molar-refractivity contribution in [3.8, 4) is 0 Å².